The molecule has 1 aromatic rings. The highest BCUT2D eigenvalue weighted by molar-refractivity contribution is 8.07. The first-order valence-corrected chi connectivity index (χ1v) is 10.4. The second-order valence-corrected chi connectivity index (χ2v) is 8.78. The zero-order valence-corrected chi connectivity index (χ0v) is 18.3. The van der Waals surface area contributed by atoms with Crippen LogP contribution in [0.3, 0.4) is 0 Å². The first kappa shape index (κ1) is 22.2. The molecule has 13 nitrogen and oxygen atoms in total. The topological polar surface area (TPSA) is 152 Å². The van der Waals surface area contributed by atoms with Crippen LogP contribution in [-0.2, 0) is 19.6 Å². The van der Waals surface area contributed by atoms with Crippen LogP contribution in [0.4, 0.5) is 16.2 Å². The molecule has 0 saturated heterocycles. The molecule has 2 heterocycles. The zero-order chi connectivity index (χ0) is 23.3. The van der Waals surface area contributed by atoms with E-state index in [1.165, 1.54) is 31.1 Å². The van der Waals surface area contributed by atoms with E-state index in [4.69, 9.17) is 4.74 Å². The molecule has 31 heavy (non-hydrogen) atoms. The molecule has 1 atom stereocenters. The molecular weight excluding hydrogens is 432 g/mol. The van der Waals surface area contributed by atoms with Crippen molar-refractivity contribution in [2.45, 2.75) is 13.8 Å². The lowest BCUT2D eigenvalue weighted by atomic mass is 10.1. The van der Waals surface area contributed by atoms with Gasteiger partial charge in [-0.1, -0.05) is 6.07 Å². The van der Waals surface area contributed by atoms with E-state index in [2.05, 4.69) is 9.71 Å². The summed E-state index contributed by atoms with van der Waals surface area (Å²) in [6.07, 6.45) is 0.135. The number of nitro groups is 1. The van der Waals surface area contributed by atoms with Crippen molar-refractivity contribution < 1.29 is 32.3 Å². The van der Waals surface area contributed by atoms with Gasteiger partial charge in [-0.3, -0.25) is 19.6 Å². The van der Waals surface area contributed by atoms with Crippen LogP contribution in [0.2, 0.25) is 0 Å². The fourth-order valence-electron chi connectivity index (χ4n) is 3.23. The van der Waals surface area contributed by atoms with Crippen molar-refractivity contribution >= 4 is 38.6 Å². The highest BCUT2D eigenvalue weighted by Crippen LogP contribution is 2.34. The summed E-state index contributed by atoms with van der Waals surface area (Å²) in [5.74, 6) is -0.341. The highest BCUT2D eigenvalue weighted by atomic mass is 32.2. The van der Waals surface area contributed by atoms with E-state index in [1.54, 1.807) is 14.0 Å². The summed E-state index contributed by atoms with van der Waals surface area (Å²) in [6.45, 7) is 2.90. The first-order valence-electron chi connectivity index (χ1n) is 8.91. The number of ether oxygens (including phenoxy) is 1. The van der Waals surface area contributed by atoms with Gasteiger partial charge >= 0.3 is 6.09 Å². The Bertz CT molecular complexity index is 1180. The van der Waals surface area contributed by atoms with E-state index in [1.807, 2.05) is 0 Å². The summed E-state index contributed by atoms with van der Waals surface area (Å²) in [5.41, 5.74) is 0.264. The Morgan fingerprint density at radius 1 is 1.35 bits per heavy atom. The van der Waals surface area contributed by atoms with E-state index >= 15 is 0 Å². The summed E-state index contributed by atoms with van der Waals surface area (Å²) >= 11 is 0. The van der Waals surface area contributed by atoms with Crippen LogP contribution in [0.25, 0.3) is 0 Å². The molecule has 0 fully saturated rings. The molecule has 1 unspecified atom stereocenters. The Hall–Kier alpha value is -3.52. The number of likely N-dealkylation sites (N-methyl/N-ethyl adjacent to an activating group) is 1. The molecule has 0 spiro atoms. The average molecular weight is 453 g/mol. The Labute approximate surface area is 177 Å². The van der Waals surface area contributed by atoms with E-state index < -0.39 is 37.8 Å². The van der Waals surface area contributed by atoms with Crippen LogP contribution in [0.15, 0.2) is 29.0 Å². The molecule has 0 saturated carbocycles. The molecule has 14 heteroatoms. The Morgan fingerprint density at radius 2 is 2.00 bits per heavy atom. The van der Waals surface area contributed by atoms with Crippen LogP contribution in [0, 0.1) is 24.0 Å². The minimum atomic E-state index is -4.60. The van der Waals surface area contributed by atoms with Gasteiger partial charge in [0, 0.05) is 6.07 Å². The summed E-state index contributed by atoms with van der Waals surface area (Å²) < 4.78 is 33.1. The Kier molecular flexibility index (Phi) is 5.23. The molecule has 2 aliphatic heterocycles. The number of quaternary nitrogens is 1. The molecule has 1 N–H and O–H groups in total. The number of nitrogens with zero attached hydrogens (tertiary/aromatic N) is 5. The average Bonchev–Trinajstić information content (AvgIpc) is 2.92. The van der Waals surface area contributed by atoms with Crippen LogP contribution >= 0.6 is 0 Å². The van der Waals surface area contributed by atoms with Crippen molar-refractivity contribution in [2.75, 3.05) is 32.6 Å². The van der Waals surface area contributed by atoms with Crippen molar-refractivity contribution in [3.63, 3.8) is 0 Å². The maximum Gasteiger partial charge on any atom is 0.420 e. The van der Waals surface area contributed by atoms with Gasteiger partial charge in [0.05, 0.1) is 32.2 Å². The number of nitrogens with one attached hydrogen (secondary N) is 1. The lowest BCUT2D eigenvalue weighted by molar-refractivity contribution is -0.974. The van der Waals surface area contributed by atoms with Crippen LogP contribution < -0.4 is 4.72 Å². The number of hydrogen-bond acceptors (Lipinski definition) is 8. The monoisotopic (exact) mass is 453 g/mol. The van der Waals surface area contributed by atoms with E-state index in [9.17, 15) is 28.1 Å². The van der Waals surface area contributed by atoms with Gasteiger partial charge in [0.15, 0.2) is 6.67 Å². The quantitative estimate of drug-likeness (QED) is 0.407. The third-order valence-electron chi connectivity index (χ3n) is 5.37. The van der Waals surface area contributed by atoms with Gasteiger partial charge in [-0.15, -0.1) is 0 Å². The number of methoxy groups -OCH3 is 1. The largest absolute Gasteiger partial charge is 0.452 e. The third-order valence-corrected chi connectivity index (χ3v) is 6.63. The van der Waals surface area contributed by atoms with Crippen molar-refractivity contribution in [3.05, 3.63) is 45.3 Å². The fraction of sp³-hybridized carbons (Fsp3) is 0.353. The lowest BCUT2D eigenvalue weighted by Crippen LogP contribution is -2.63. The minimum absolute atomic E-state index is 0.0866. The summed E-state index contributed by atoms with van der Waals surface area (Å²) in [4.78, 5) is 40.0. The van der Waals surface area contributed by atoms with Crippen LogP contribution in [-0.4, -0.2) is 72.9 Å². The SMILES string of the molecule is COC(=O)N1C[N+]2(C)C(=CC(=O)N2C)N=C1S(=O)(=O)Nc1c([N+](=O)[O-])ccc(C)c1C. The summed E-state index contributed by atoms with van der Waals surface area (Å²) in [6, 6.07) is 2.68. The number of amidine groups is 1. The molecule has 2 amide bonds. The number of aliphatic imine (C=N–C) groups is 1. The van der Waals surface area contributed by atoms with Gasteiger partial charge < -0.3 is 4.74 Å². The number of nitro benzene ring substituents is 1. The third kappa shape index (κ3) is 3.48. The number of anilines is 1. The molecule has 0 aliphatic carbocycles. The minimum Gasteiger partial charge on any atom is -0.452 e. The lowest BCUT2D eigenvalue weighted by Gasteiger charge is -2.40. The maximum absolute atomic E-state index is 13.2. The first-order chi connectivity index (χ1) is 14.3. The number of carbonyl (C=O) groups excluding carboxylic acids is 2. The van der Waals surface area contributed by atoms with Gasteiger partial charge in [-0.2, -0.15) is 27.9 Å². The molecule has 1 aromatic carbocycles. The van der Waals surface area contributed by atoms with Crippen LogP contribution in [0.5, 0.6) is 0 Å². The summed E-state index contributed by atoms with van der Waals surface area (Å²) in [7, 11) is -0.475. The van der Waals surface area contributed by atoms with E-state index in [0.717, 1.165) is 18.1 Å². The predicted molar refractivity (Wildman–Crippen MR) is 109 cm³/mol. The molecule has 166 valence electrons. The van der Waals surface area contributed by atoms with E-state index in [-0.39, 0.29) is 22.8 Å². The molecule has 2 aliphatic rings. The number of fused-ring (bicyclic) bond motifs is 1. The number of sulfonamides is 1. The second kappa shape index (κ2) is 7.31. The van der Waals surface area contributed by atoms with Crippen LogP contribution in [0.1, 0.15) is 11.1 Å². The number of aryl methyl sites for hydroxylation is 1. The van der Waals surface area contributed by atoms with Gasteiger partial charge in [0.25, 0.3) is 32.6 Å². The number of benzene rings is 1. The molecular formula is C17H21N6O7S+. The number of rotatable bonds is 3. The molecule has 0 radical (unpaired) electrons. The normalized spacial score (nSPS) is 20.7. The number of hydrogen-bond donors (Lipinski definition) is 1. The number of carbonyl (C=O) groups is 2. The van der Waals surface area contributed by atoms with Gasteiger partial charge in [-0.05, 0) is 25.0 Å². The standard InChI is InChI=1S/C17H21N6O7S/c1-10-6-7-12(22(26)27)15(11(10)2)19-31(28,29)16-18-13-8-14(24)20(3)23(13,4)9-21(16)17(25)30-5/h6-8,19H,9H2,1-5H3/q+1. The van der Waals surface area contributed by atoms with E-state index in [0.29, 0.717) is 11.1 Å². The van der Waals surface area contributed by atoms with Gasteiger partial charge in [-0.25, -0.2) is 4.79 Å². The van der Waals surface area contributed by atoms with Crippen molar-refractivity contribution in [1.82, 2.24) is 9.91 Å². The molecule has 3 rings (SSSR count). The molecule has 0 bridgehead atoms. The molecule has 0 aromatic heterocycles. The highest BCUT2D eigenvalue weighted by Gasteiger charge is 2.52. The van der Waals surface area contributed by atoms with Gasteiger partial charge in [0.1, 0.15) is 5.69 Å². The number of amides is 2. The van der Waals surface area contributed by atoms with Gasteiger partial charge in [0.2, 0.25) is 0 Å². The van der Waals surface area contributed by atoms with Crippen molar-refractivity contribution in [2.24, 2.45) is 4.99 Å². The summed E-state index contributed by atoms with van der Waals surface area (Å²) in [5, 5.41) is 12.0. The Balaban J connectivity index is 2.15. The van der Waals surface area contributed by atoms with Crippen molar-refractivity contribution in [1.29, 1.82) is 0 Å². The Morgan fingerprint density at radius 3 is 2.58 bits per heavy atom. The fourth-order valence-corrected chi connectivity index (χ4v) is 4.48. The predicted octanol–water partition coefficient (Wildman–Crippen LogP) is 1.02. The zero-order valence-electron chi connectivity index (χ0n) is 17.4. The van der Waals surface area contributed by atoms with Crippen molar-refractivity contribution in [3.8, 4) is 0 Å². The second-order valence-electron chi connectivity index (χ2n) is 7.20. The maximum atomic E-state index is 13.2. The smallest absolute Gasteiger partial charge is 0.420 e.